The van der Waals surface area contributed by atoms with Crippen molar-refractivity contribution in [1.29, 1.82) is 0 Å². The summed E-state index contributed by atoms with van der Waals surface area (Å²) in [6.07, 6.45) is 2.46. The molecule has 0 saturated carbocycles. The lowest BCUT2D eigenvalue weighted by Gasteiger charge is -2.14. The van der Waals surface area contributed by atoms with Gasteiger partial charge in [-0.1, -0.05) is 6.07 Å². The molecular formula is C13H20ClNO2. The predicted molar refractivity (Wildman–Crippen MR) is 71.4 cm³/mol. The highest BCUT2D eigenvalue weighted by molar-refractivity contribution is 5.85. The zero-order valence-electron chi connectivity index (χ0n) is 10.4. The van der Waals surface area contributed by atoms with E-state index < -0.39 is 0 Å². The van der Waals surface area contributed by atoms with E-state index in [0.29, 0.717) is 12.6 Å². The number of hydrogen-bond donors (Lipinski definition) is 1. The smallest absolute Gasteiger partial charge is 0.161 e. The van der Waals surface area contributed by atoms with Gasteiger partial charge in [-0.25, -0.2) is 0 Å². The van der Waals surface area contributed by atoms with Crippen LogP contribution in [0.3, 0.4) is 0 Å². The molecule has 1 N–H and O–H groups in total. The fraction of sp³-hybridized carbons (Fsp3) is 0.538. The van der Waals surface area contributed by atoms with Crippen LogP contribution in [0.15, 0.2) is 18.2 Å². The minimum Gasteiger partial charge on any atom is -0.493 e. The van der Waals surface area contributed by atoms with Crippen molar-refractivity contribution < 1.29 is 9.47 Å². The summed E-state index contributed by atoms with van der Waals surface area (Å²) in [7, 11) is 1.68. The first-order valence-corrected chi connectivity index (χ1v) is 5.89. The fourth-order valence-electron chi connectivity index (χ4n) is 2.14. The van der Waals surface area contributed by atoms with Crippen LogP contribution in [0.2, 0.25) is 0 Å². The van der Waals surface area contributed by atoms with Crippen LogP contribution in [-0.2, 0) is 0 Å². The van der Waals surface area contributed by atoms with E-state index in [0.717, 1.165) is 18.0 Å². The van der Waals surface area contributed by atoms with E-state index in [9.17, 15) is 0 Å². The van der Waals surface area contributed by atoms with Gasteiger partial charge >= 0.3 is 0 Å². The van der Waals surface area contributed by atoms with E-state index in [2.05, 4.69) is 17.4 Å². The second kappa shape index (κ2) is 6.72. The minimum absolute atomic E-state index is 0. The number of nitrogens with one attached hydrogen (secondary N) is 1. The van der Waals surface area contributed by atoms with Crippen molar-refractivity contribution in [3.8, 4) is 11.5 Å². The first-order chi connectivity index (χ1) is 7.85. The Kier molecular flexibility index (Phi) is 5.59. The van der Waals surface area contributed by atoms with Crippen LogP contribution >= 0.6 is 12.4 Å². The van der Waals surface area contributed by atoms with E-state index in [1.54, 1.807) is 7.11 Å². The van der Waals surface area contributed by atoms with Crippen molar-refractivity contribution >= 4 is 12.4 Å². The zero-order valence-corrected chi connectivity index (χ0v) is 11.2. The standard InChI is InChI=1S/C13H19NO2.ClH/c1-3-16-12-7-6-10(9-13(12)15-2)11-5-4-8-14-11;/h6-7,9,11,14H,3-5,8H2,1-2H3;1H/t11-;/m1./s1. The molecule has 0 amide bonds. The summed E-state index contributed by atoms with van der Waals surface area (Å²) < 4.78 is 10.8. The Morgan fingerprint density at radius 1 is 1.35 bits per heavy atom. The summed E-state index contributed by atoms with van der Waals surface area (Å²) in [4.78, 5) is 0. The number of hydrogen-bond acceptors (Lipinski definition) is 3. The Labute approximate surface area is 109 Å². The molecule has 1 aliphatic heterocycles. The molecule has 0 unspecified atom stereocenters. The molecule has 2 rings (SSSR count). The SMILES string of the molecule is CCOc1ccc([C@H]2CCCN2)cc1OC.Cl. The fourth-order valence-corrected chi connectivity index (χ4v) is 2.14. The Bertz CT molecular complexity index is 351. The van der Waals surface area contributed by atoms with Crippen LogP contribution in [0.1, 0.15) is 31.4 Å². The molecule has 1 atom stereocenters. The summed E-state index contributed by atoms with van der Waals surface area (Å²) >= 11 is 0. The molecule has 1 fully saturated rings. The second-order valence-electron chi connectivity index (χ2n) is 3.99. The van der Waals surface area contributed by atoms with Crippen LogP contribution in [0.4, 0.5) is 0 Å². The lowest BCUT2D eigenvalue weighted by atomic mass is 10.0. The maximum atomic E-state index is 5.50. The largest absolute Gasteiger partial charge is 0.493 e. The van der Waals surface area contributed by atoms with Crippen molar-refractivity contribution in [2.45, 2.75) is 25.8 Å². The van der Waals surface area contributed by atoms with Crippen LogP contribution < -0.4 is 14.8 Å². The highest BCUT2D eigenvalue weighted by atomic mass is 35.5. The monoisotopic (exact) mass is 257 g/mol. The van der Waals surface area contributed by atoms with Gasteiger partial charge in [0.05, 0.1) is 13.7 Å². The normalized spacial score (nSPS) is 18.6. The Balaban J connectivity index is 0.00000144. The van der Waals surface area contributed by atoms with Gasteiger partial charge in [-0.2, -0.15) is 0 Å². The molecule has 96 valence electrons. The molecule has 0 aromatic heterocycles. The molecule has 3 nitrogen and oxygen atoms in total. The average Bonchev–Trinajstić information content (AvgIpc) is 2.83. The first-order valence-electron chi connectivity index (χ1n) is 5.89. The van der Waals surface area contributed by atoms with Crippen LogP contribution in [-0.4, -0.2) is 20.3 Å². The molecule has 1 saturated heterocycles. The van der Waals surface area contributed by atoms with Crippen molar-refractivity contribution in [3.05, 3.63) is 23.8 Å². The van der Waals surface area contributed by atoms with E-state index >= 15 is 0 Å². The van der Waals surface area contributed by atoms with E-state index in [1.807, 2.05) is 13.0 Å². The second-order valence-corrected chi connectivity index (χ2v) is 3.99. The molecule has 1 heterocycles. The molecule has 0 bridgehead atoms. The van der Waals surface area contributed by atoms with Crippen LogP contribution in [0.25, 0.3) is 0 Å². The molecule has 1 aromatic carbocycles. The van der Waals surface area contributed by atoms with Gasteiger partial charge in [0.25, 0.3) is 0 Å². The van der Waals surface area contributed by atoms with Gasteiger partial charge in [-0.15, -0.1) is 12.4 Å². The minimum atomic E-state index is 0. The van der Waals surface area contributed by atoms with E-state index in [4.69, 9.17) is 9.47 Å². The summed E-state index contributed by atoms with van der Waals surface area (Å²) in [5.41, 5.74) is 1.29. The highest BCUT2D eigenvalue weighted by Gasteiger charge is 2.17. The quantitative estimate of drug-likeness (QED) is 0.900. The maximum absolute atomic E-state index is 5.50. The zero-order chi connectivity index (χ0) is 11.4. The molecule has 17 heavy (non-hydrogen) atoms. The summed E-state index contributed by atoms with van der Waals surface area (Å²) in [6.45, 7) is 3.75. The molecule has 4 heteroatoms. The Hall–Kier alpha value is -0.930. The van der Waals surface area contributed by atoms with Crippen molar-refractivity contribution in [3.63, 3.8) is 0 Å². The molecule has 1 aliphatic rings. The third-order valence-electron chi connectivity index (χ3n) is 2.95. The summed E-state index contributed by atoms with van der Waals surface area (Å²) in [6, 6.07) is 6.67. The Morgan fingerprint density at radius 3 is 2.76 bits per heavy atom. The van der Waals surface area contributed by atoms with Crippen molar-refractivity contribution in [1.82, 2.24) is 5.32 Å². The van der Waals surface area contributed by atoms with Crippen molar-refractivity contribution in [2.75, 3.05) is 20.3 Å². The third kappa shape index (κ3) is 3.27. The maximum Gasteiger partial charge on any atom is 0.161 e. The predicted octanol–water partition coefficient (Wildman–Crippen LogP) is 2.94. The van der Waals surface area contributed by atoms with Crippen LogP contribution in [0, 0.1) is 0 Å². The summed E-state index contributed by atoms with van der Waals surface area (Å²) in [5.74, 6) is 1.65. The molecular weight excluding hydrogens is 238 g/mol. The van der Waals surface area contributed by atoms with Gasteiger partial charge in [0.1, 0.15) is 0 Å². The topological polar surface area (TPSA) is 30.5 Å². The molecule has 1 aromatic rings. The summed E-state index contributed by atoms with van der Waals surface area (Å²) in [5, 5.41) is 3.48. The highest BCUT2D eigenvalue weighted by Crippen LogP contribution is 2.32. The van der Waals surface area contributed by atoms with E-state index in [1.165, 1.54) is 18.4 Å². The van der Waals surface area contributed by atoms with Gasteiger partial charge in [0, 0.05) is 6.04 Å². The number of rotatable bonds is 4. The van der Waals surface area contributed by atoms with Crippen molar-refractivity contribution in [2.24, 2.45) is 0 Å². The van der Waals surface area contributed by atoms with Gasteiger partial charge in [0.2, 0.25) is 0 Å². The van der Waals surface area contributed by atoms with Gasteiger partial charge in [-0.05, 0) is 44.0 Å². The number of ether oxygens (including phenoxy) is 2. The lowest BCUT2D eigenvalue weighted by molar-refractivity contribution is 0.310. The van der Waals surface area contributed by atoms with Gasteiger partial charge in [0.15, 0.2) is 11.5 Å². The average molecular weight is 258 g/mol. The third-order valence-corrected chi connectivity index (χ3v) is 2.95. The number of methoxy groups -OCH3 is 1. The van der Waals surface area contributed by atoms with Gasteiger partial charge < -0.3 is 14.8 Å². The number of benzene rings is 1. The first kappa shape index (κ1) is 14.1. The molecule has 0 spiro atoms. The molecule has 0 aliphatic carbocycles. The Morgan fingerprint density at radius 2 is 2.18 bits per heavy atom. The van der Waals surface area contributed by atoms with Gasteiger partial charge in [-0.3, -0.25) is 0 Å². The molecule has 0 radical (unpaired) electrons. The van der Waals surface area contributed by atoms with E-state index in [-0.39, 0.29) is 12.4 Å². The lowest BCUT2D eigenvalue weighted by Crippen LogP contribution is -2.12. The number of halogens is 1. The van der Waals surface area contributed by atoms with Crippen LogP contribution in [0.5, 0.6) is 11.5 Å².